The van der Waals surface area contributed by atoms with Crippen LogP contribution in [0, 0.1) is 32.9 Å². The van der Waals surface area contributed by atoms with Gasteiger partial charge in [0, 0.05) is 35.0 Å². The molecular weight excluding hydrogens is 760 g/mol. The summed E-state index contributed by atoms with van der Waals surface area (Å²) < 4.78 is 10.5. The molecule has 0 bridgehead atoms. The predicted octanol–water partition coefficient (Wildman–Crippen LogP) is 10.3. The number of aryl methyl sites for hydroxylation is 3. The molecule has 6 heteroatoms. The van der Waals surface area contributed by atoms with Crippen LogP contribution in [0.15, 0.2) is 91.4 Å². The van der Waals surface area contributed by atoms with Gasteiger partial charge in [-0.05, 0) is 96.3 Å². The molecule has 4 aromatic carbocycles. The SMILES string of the molecule is CCCc1c(C)cc(C)c(CCC)c1-c1cnn(-c2[c-]c(Oc3[c-]c4c(cc3)c3ccccc3n4-c3cc(C)ccn3)ccc2)c1.[Pt+2]. The molecule has 0 N–H and O–H groups in total. The van der Waals surface area contributed by atoms with E-state index < -0.39 is 0 Å². The Morgan fingerprint density at radius 1 is 0.766 bits per heavy atom. The van der Waals surface area contributed by atoms with Crippen molar-refractivity contribution < 1.29 is 25.8 Å². The van der Waals surface area contributed by atoms with Gasteiger partial charge in [0.2, 0.25) is 0 Å². The largest absolute Gasteiger partial charge is 2.00 e. The topological polar surface area (TPSA) is 44.9 Å². The molecule has 0 fully saturated rings. The second-order valence-electron chi connectivity index (χ2n) is 12.1. The molecule has 0 radical (unpaired) electrons. The van der Waals surface area contributed by atoms with Crippen LogP contribution in [0.1, 0.15) is 54.5 Å². The Morgan fingerprint density at radius 3 is 2.26 bits per heavy atom. The van der Waals surface area contributed by atoms with E-state index in [0.29, 0.717) is 11.5 Å². The fourth-order valence-electron chi connectivity index (χ4n) is 6.71. The quantitative estimate of drug-likeness (QED) is 0.137. The maximum Gasteiger partial charge on any atom is 2.00 e. The first-order valence-electron chi connectivity index (χ1n) is 16.2. The van der Waals surface area contributed by atoms with Gasteiger partial charge in [-0.25, -0.2) is 4.98 Å². The molecule has 3 aromatic heterocycles. The first-order chi connectivity index (χ1) is 22.4. The van der Waals surface area contributed by atoms with Crippen LogP contribution in [0.2, 0.25) is 0 Å². The maximum atomic E-state index is 6.40. The number of para-hydroxylation sites is 1. The van der Waals surface area contributed by atoms with Gasteiger partial charge in [0.1, 0.15) is 5.82 Å². The smallest absolute Gasteiger partial charge is 0.509 e. The number of aromatic nitrogens is 4. The van der Waals surface area contributed by atoms with Gasteiger partial charge >= 0.3 is 21.1 Å². The third-order valence-corrected chi connectivity index (χ3v) is 8.77. The van der Waals surface area contributed by atoms with Gasteiger partial charge in [-0.15, -0.1) is 35.7 Å². The Morgan fingerprint density at radius 2 is 1.51 bits per heavy atom. The number of ether oxygens (including phenoxy) is 1. The van der Waals surface area contributed by atoms with Crippen molar-refractivity contribution in [3.8, 4) is 34.1 Å². The van der Waals surface area contributed by atoms with E-state index in [4.69, 9.17) is 14.8 Å². The van der Waals surface area contributed by atoms with Crippen LogP contribution in [0.5, 0.6) is 11.5 Å². The molecule has 7 aromatic rings. The summed E-state index contributed by atoms with van der Waals surface area (Å²) >= 11 is 0. The van der Waals surface area contributed by atoms with Gasteiger partial charge in [0.15, 0.2) is 0 Å². The third-order valence-electron chi connectivity index (χ3n) is 8.77. The number of hydrogen-bond donors (Lipinski definition) is 0. The summed E-state index contributed by atoms with van der Waals surface area (Å²) in [5.74, 6) is 2.07. The standard InChI is InChI=1S/C41H38N4O.Pt/c1-6-11-34-28(4)22-29(5)35(12-7-2)41(34)30-25-43-44(26-30)31-13-10-14-32(23-31)46-33-17-18-37-36-15-8-9-16-38(36)45(39(37)24-33)40-21-27(3)19-20-42-40;/h8-10,13-22,25-26H,6-7,11-12H2,1-5H3;/q-2;+2. The molecule has 0 spiro atoms. The van der Waals surface area contributed by atoms with E-state index in [2.05, 4.69) is 100.0 Å². The van der Waals surface area contributed by atoms with Gasteiger partial charge < -0.3 is 9.30 Å². The van der Waals surface area contributed by atoms with Crippen molar-refractivity contribution in [1.29, 1.82) is 0 Å². The zero-order chi connectivity index (χ0) is 31.8. The van der Waals surface area contributed by atoms with Crippen LogP contribution in [0.25, 0.3) is 44.4 Å². The third kappa shape index (κ3) is 6.17. The van der Waals surface area contributed by atoms with E-state index in [1.54, 1.807) is 0 Å². The molecule has 0 amide bonds. The molecule has 0 aliphatic carbocycles. The van der Waals surface area contributed by atoms with E-state index in [1.165, 1.54) is 27.8 Å². The predicted molar refractivity (Wildman–Crippen MR) is 188 cm³/mol. The van der Waals surface area contributed by atoms with Gasteiger partial charge in [0.05, 0.1) is 6.20 Å². The van der Waals surface area contributed by atoms with E-state index >= 15 is 0 Å². The fourth-order valence-corrected chi connectivity index (χ4v) is 6.71. The maximum absolute atomic E-state index is 6.40. The van der Waals surface area contributed by atoms with Gasteiger partial charge in [-0.2, -0.15) is 17.2 Å². The molecular formula is C41H38N4OPt. The second kappa shape index (κ2) is 13.7. The molecule has 0 saturated carbocycles. The van der Waals surface area contributed by atoms with Crippen molar-refractivity contribution in [3.63, 3.8) is 0 Å². The summed E-state index contributed by atoms with van der Waals surface area (Å²) in [4.78, 5) is 4.69. The molecule has 47 heavy (non-hydrogen) atoms. The zero-order valence-electron chi connectivity index (χ0n) is 27.5. The summed E-state index contributed by atoms with van der Waals surface area (Å²) in [7, 11) is 0. The number of fused-ring (bicyclic) bond motifs is 3. The molecule has 5 nitrogen and oxygen atoms in total. The Labute approximate surface area is 291 Å². The number of nitrogens with zero attached hydrogens (tertiary/aromatic N) is 4. The minimum Gasteiger partial charge on any atom is -0.509 e. The van der Waals surface area contributed by atoms with Crippen LogP contribution < -0.4 is 4.74 Å². The summed E-state index contributed by atoms with van der Waals surface area (Å²) in [6.07, 6.45) is 10.3. The summed E-state index contributed by atoms with van der Waals surface area (Å²) in [5.41, 5.74) is 12.0. The second-order valence-corrected chi connectivity index (χ2v) is 12.1. The molecule has 7 rings (SSSR count). The van der Waals surface area contributed by atoms with Crippen LogP contribution in [-0.4, -0.2) is 19.3 Å². The average Bonchev–Trinajstić information content (AvgIpc) is 3.67. The molecule has 3 heterocycles. The monoisotopic (exact) mass is 797 g/mol. The van der Waals surface area contributed by atoms with Gasteiger partial charge in [0.25, 0.3) is 0 Å². The Hall–Kier alpha value is -4.47. The van der Waals surface area contributed by atoms with Crippen LogP contribution in [-0.2, 0) is 33.9 Å². The minimum absolute atomic E-state index is 0. The molecule has 0 unspecified atom stereocenters. The zero-order valence-corrected chi connectivity index (χ0v) is 29.8. The van der Waals surface area contributed by atoms with E-state index in [-0.39, 0.29) is 21.1 Å². The summed E-state index contributed by atoms with van der Waals surface area (Å²) in [5, 5.41) is 7.06. The first kappa shape index (κ1) is 32.5. The van der Waals surface area contributed by atoms with Crippen molar-refractivity contribution >= 4 is 21.8 Å². The van der Waals surface area contributed by atoms with Crippen molar-refractivity contribution in [2.75, 3.05) is 0 Å². The molecule has 0 aliphatic heterocycles. The number of benzene rings is 4. The van der Waals surface area contributed by atoms with Crippen LogP contribution >= 0.6 is 0 Å². The number of rotatable bonds is 9. The van der Waals surface area contributed by atoms with Gasteiger partial charge in [-0.1, -0.05) is 56.5 Å². The van der Waals surface area contributed by atoms with Gasteiger partial charge in [-0.3, -0.25) is 4.68 Å². The van der Waals surface area contributed by atoms with Crippen molar-refractivity contribution in [2.45, 2.75) is 60.3 Å². The summed E-state index contributed by atoms with van der Waals surface area (Å²) in [6.45, 7) is 11.1. The normalized spacial score (nSPS) is 11.3. The average molecular weight is 798 g/mol. The Balaban J connectivity index is 0.00000386. The Bertz CT molecular complexity index is 2180. The van der Waals surface area contributed by atoms with Crippen LogP contribution in [0.3, 0.4) is 0 Å². The fraction of sp³-hybridized carbons (Fsp3) is 0.220. The van der Waals surface area contributed by atoms with Crippen molar-refractivity contribution in [2.24, 2.45) is 0 Å². The van der Waals surface area contributed by atoms with Crippen molar-refractivity contribution in [3.05, 3.63) is 131 Å². The number of pyridine rings is 1. The molecule has 0 saturated heterocycles. The summed E-state index contributed by atoms with van der Waals surface area (Å²) in [6, 6.07) is 31.8. The minimum atomic E-state index is 0. The van der Waals surface area contributed by atoms with E-state index in [1.807, 2.05) is 47.4 Å². The molecule has 0 atom stereocenters. The van der Waals surface area contributed by atoms with Crippen LogP contribution in [0.4, 0.5) is 0 Å². The molecule has 238 valence electrons. The number of hydrogen-bond acceptors (Lipinski definition) is 3. The van der Waals surface area contributed by atoms with E-state index in [9.17, 15) is 0 Å². The Kier molecular flexibility index (Phi) is 9.47. The first-order valence-corrected chi connectivity index (χ1v) is 16.2. The van der Waals surface area contributed by atoms with E-state index in [0.717, 1.165) is 70.1 Å². The van der Waals surface area contributed by atoms with Crippen molar-refractivity contribution in [1.82, 2.24) is 19.3 Å². The molecule has 0 aliphatic rings.